The minimum Gasteiger partial charge on any atom is -0.495 e. The highest BCUT2D eigenvalue weighted by Crippen LogP contribution is 2.44. The molecule has 2 aromatic carbocycles. The number of nitrogens with one attached hydrogen (secondary N) is 1. The SMILES string of the molecule is COc1ccc(C)cc1NC(=O)N1Cc2c(sc3c2CCCC3)-n2cccc2C1c1ccc(C)cc1. The lowest BCUT2D eigenvalue weighted by atomic mass is 9.95. The topological polar surface area (TPSA) is 46.5 Å². The number of hydrogen-bond donors (Lipinski definition) is 1. The molecule has 1 atom stereocenters. The Morgan fingerprint density at radius 2 is 1.78 bits per heavy atom. The molecule has 2 aromatic heterocycles. The number of benzene rings is 2. The molecule has 2 amide bonds. The molecular weight excluding hydrogens is 466 g/mol. The van der Waals surface area contributed by atoms with E-state index in [0.29, 0.717) is 18.0 Å². The Morgan fingerprint density at radius 3 is 2.58 bits per heavy atom. The molecule has 36 heavy (non-hydrogen) atoms. The first-order valence-electron chi connectivity index (χ1n) is 12.6. The monoisotopic (exact) mass is 497 g/mol. The molecule has 1 N–H and O–H groups in total. The van der Waals surface area contributed by atoms with E-state index in [-0.39, 0.29) is 12.1 Å². The summed E-state index contributed by atoms with van der Waals surface area (Å²) in [6.45, 7) is 4.69. The normalized spacial score (nSPS) is 16.5. The molecule has 1 unspecified atom stereocenters. The smallest absolute Gasteiger partial charge is 0.323 e. The lowest BCUT2D eigenvalue weighted by Gasteiger charge is -2.31. The van der Waals surface area contributed by atoms with Crippen molar-refractivity contribution in [2.75, 3.05) is 12.4 Å². The molecule has 6 rings (SSSR count). The number of hydrogen-bond acceptors (Lipinski definition) is 3. The second kappa shape index (κ2) is 9.17. The third-order valence-corrected chi connectivity index (χ3v) is 8.76. The molecule has 0 radical (unpaired) electrons. The van der Waals surface area contributed by atoms with Crippen LogP contribution in [0, 0.1) is 13.8 Å². The van der Waals surface area contributed by atoms with Crippen molar-refractivity contribution in [1.82, 2.24) is 9.47 Å². The zero-order valence-electron chi connectivity index (χ0n) is 21.0. The highest BCUT2D eigenvalue weighted by molar-refractivity contribution is 7.15. The summed E-state index contributed by atoms with van der Waals surface area (Å²) < 4.78 is 7.89. The van der Waals surface area contributed by atoms with Gasteiger partial charge in [0.05, 0.1) is 31.1 Å². The number of rotatable bonds is 3. The number of carbonyl (C=O) groups is 1. The summed E-state index contributed by atoms with van der Waals surface area (Å²) in [5, 5.41) is 4.46. The minimum absolute atomic E-state index is 0.124. The summed E-state index contributed by atoms with van der Waals surface area (Å²) >= 11 is 1.91. The van der Waals surface area contributed by atoms with Crippen molar-refractivity contribution in [3.8, 4) is 10.8 Å². The van der Waals surface area contributed by atoms with Crippen LogP contribution in [0.3, 0.4) is 0 Å². The summed E-state index contributed by atoms with van der Waals surface area (Å²) in [4.78, 5) is 17.6. The van der Waals surface area contributed by atoms with Crippen molar-refractivity contribution in [1.29, 1.82) is 0 Å². The van der Waals surface area contributed by atoms with E-state index in [1.54, 1.807) is 7.11 Å². The molecule has 0 saturated heterocycles. The third kappa shape index (κ3) is 3.90. The maximum absolute atomic E-state index is 14.1. The van der Waals surface area contributed by atoms with Gasteiger partial charge in [0.2, 0.25) is 0 Å². The fourth-order valence-corrected chi connectivity index (χ4v) is 7.00. The van der Waals surface area contributed by atoms with Gasteiger partial charge in [-0.2, -0.15) is 0 Å². The first-order chi connectivity index (χ1) is 17.5. The summed E-state index contributed by atoms with van der Waals surface area (Å²) in [5.41, 5.74) is 7.94. The van der Waals surface area contributed by atoms with Gasteiger partial charge in [0.1, 0.15) is 10.8 Å². The molecule has 5 nitrogen and oxygen atoms in total. The predicted octanol–water partition coefficient (Wildman–Crippen LogP) is 7.18. The van der Waals surface area contributed by atoms with Gasteiger partial charge in [-0.25, -0.2) is 4.79 Å². The van der Waals surface area contributed by atoms with E-state index in [2.05, 4.69) is 59.4 Å². The van der Waals surface area contributed by atoms with Crippen molar-refractivity contribution in [3.63, 3.8) is 0 Å². The second-order valence-corrected chi connectivity index (χ2v) is 11.0. The van der Waals surface area contributed by atoms with Gasteiger partial charge in [-0.15, -0.1) is 11.3 Å². The predicted molar refractivity (Wildman–Crippen MR) is 146 cm³/mol. The number of anilines is 1. The molecule has 1 aliphatic heterocycles. The van der Waals surface area contributed by atoms with Gasteiger partial charge in [-0.1, -0.05) is 35.9 Å². The van der Waals surface area contributed by atoms with Crippen LogP contribution in [0.4, 0.5) is 10.5 Å². The van der Waals surface area contributed by atoms with Crippen LogP contribution in [-0.4, -0.2) is 22.6 Å². The van der Waals surface area contributed by atoms with E-state index >= 15 is 0 Å². The van der Waals surface area contributed by atoms with Gasteiger partial charge in [-0.05, 0) is 80.5 Å². The fraction of sp³-hybridized carbons (Fsp3) is 0.300. The number of amides is 2. The van der Waals surface area contributed by atoms with E-state index in [1.807, 2.05) is 41.4 Å². The average molecular weight is 498 g/mol. The lowest BCUT2D eigenvalue weighted by Crippen LogP contribution is -2.38. The number of aryl methyl sites for hydroxylation is 3. The van der Waals surface area contributed by atoms with Crippen LogP contribution in [0.5, 0.6) is 5.75 Å². The van der Waals surface area contributed by atoms with Crippen molar-refractivity contribution in [3.05, 3.63) is 99.2 Å². The zero-order valence-corrected chi connectivity index (χ0v) is 21.8. The molecule has 2 aliphatic rings. The fourth-order valence-electron chi connectivity index (χ4n) is 5.59. The maximum Gasteiger partial charge on any atom is 0.323 e. The molecule has 1 aliphatic carbocycles. The first-order valence-corrected chi connectivity index (χ1v) is 13.4. The number of nitrogens with zero attached hydrogens (tertiary/aromatic N) is 2. The van der Waals surface area contributed by atoms with Crippen LogP contribution in [0.2, 0.25) is 0 Å². The van der Waals surface area contributed by atoms with E-state index in [0.717, 1.165) is 29.7 Å². The van der Waals surface area contributed by atoms with Gasteiger partial charge >= 0.3 is 6.03 Å². The molecular formula is C30H31N3O2S. The highest BCUT2D eigenvalue weighted by Gasteiger charge is 2.36. The number of aromatic nitrogens is 1. The molecule has 0 bridgehead atoms. The quantitative estimate of drug-likeness (QED) is 0.326. The molecule has 184 valence electrons. The van der Waals surface area contributed by atoms with E-state index in [1.165, 1.54) is 39.4 Å². The van der Waals surface area contributed by atoms with Gasteiger partial charge in [0.15, 0.2) is 0 Å². The maximum atomic E-state index is 14.1. The molecule has 4 aromatic rings. The Balaban J connectivity index is 1.49. The summed E-state index contributed by atoms with van der Waals surface area (Å²) in [7, 11) is 1.64. The number of carbonyl (C=O) groups excluding carboxylic acids is 1. The van der Waals surface area contributed by atoms with Crippen molar-refractivity contribution in [2.24, 2.45) is 0 Å². The molecule has 0 saturated carbocycles. The third-order valence-electron chi connectivity index (χ3n) is 7.43. The Hall–Kier alpha value is -3.51. The second-order valence-electron chi connectivity index (χ2n) is 9.87. The van der Waals surface area contributed by atoms with Crippen molar-refractivity contribution < 1.29 is 9.53 Å². The van der Waals surface area contributed by atoms with Crippen molar-refractivity contribution in [2.45, 2.75) is 52.1 Å². The largest absolute Gasteiger partial charge is 0.495 e. The summed E-state index contributed by atoms with van der Waals surface area (Å²) in [6.07, 6.45) is 6.84. The number of fused-ring (bicyclic) bond motifs is 5. The van der Waals surface area contributed by atoms with Crippen LogP contribution in [0.15, 0.2) is 60.8 Å². The number of thiophene rings is 1. The van der Waals surface area contributed by atoms with Gasteiger partial charge in [0.25, 0.3) is 0 Å². The minimum atomic E-state index is -0.213. The Labute approximate surface area is 216 Å². The molecule has 6 heteroatoms. The van der Waals surface area contributed by atoms with E-state index in [9.17, 15) is 4.79 Å². The molecule has 0 spiro atoms. The van der Waals surface area contributed by atoms with Crippen LogP contribution < -0.4 is 10.1 Å². The van der Waals surface area contributed by atoms with Crippen molar-refractivity contribution >= 4 is 23.1 Å². The molecule has 0 fully saturated rings. The van der Waals surface area contributed by atoms with Gasteiger partial charge < -0.3 is 19.5 Å². The standard InChI is InChI=1S/C30H31N3O2S/c1-19-10-13-21(14-11-19)28-25-8-6-16-32(25)29-23(22-7-4-5-9-27(22)36-29)18-33(28)30(34)31-24-17-20(2)12-15-26(24)35-3/h6,8,10-17,28H,4-5,7,9,18H2,1-3H3,(H,31,34). The van der Waals surface area contributed by atoms with E-state index in [4.69, 9.17) is 4.74 Å². The number of ether oxygens (including phenoxy) is 1. The average Bonchev–Trinajstić information content (AvgIpc) is 3.47. The molecule has 3 heterocycles. The Bertz CT molecular complexity index is 1430. The zero-order chi connectivity index (χ0) is 24.8. The van der Waals surface area contributed by atoms with Crippen LogP contribution in [0.25, 0.3) is 5.00 Å². The lowest BCUT2D eigenvalue weighted by molar-refractivity contribution is 0.194. The first kappa shape index (κ1) is 22.9. The summed E-state index contributed by atoms with van der Waals surface area (Å²) in [6, 6.07) is 18.4. The van der Waals surface area contributed by atoms with E-state index < -0.39 is 0 Å². The van der Waals surface area contributed by atoms with Gasteiger partial charge in [0, 0.05) is 16.6 Å². The summed E-state index contributed by atoms with van der Waals surface area (Å²) in [5.74, 6) is 0.660. The highest BCUT2D eigenvalue weighted by atomic mass is 32.1. The Kier molecular flexibility index (Phi) is 5.84. The van der Waals surface area contributed by atoms with Gasteiger partial charge in [-0.3, -0.25) is 0 Å². The van der Waals surface area contributed by atoms with Crippen LogP contribution in [0.1, 0.15) is 57.3 Å². The van der Waals surface area contributed by atoms with Crippen LogP contribution >= 0.6 is 11.3 Å². The number of methoxy groups -OCH3 is 1. The Morgan fingerprint density at radius 1 is 1.00 bits per heavy atom. The number of urea groups is 1. The van der Waals surface area contributed by atoms with Crippen LogP contribution in [-0.2, 0) is 19.4 Å².